The van der Waals surface area contributed by atoms with Crippen molar-refractivity contribution in [3.05, 3.63) is 34.9 Å². The second-order valence-electron chi connectivity index (χ2n) is 3.67. The summed E-state index contributed by atoms with van der Waals surface area (Å²) >= 11 is 0. The molecule has 0 heterocycles. The third kappa shape index (κ3) is 2.58. The summed E-state index contributed by atoms with van der Waals surface area (Å²) in [6.07, 6.45) is 1.43. The van der Waals surface area contributed by atoms with Crippen LogP contribution in [0.3, 0.4) is 0 Å². The Hall–Kier alpha value is -1.80. The first kappa shape index (κ1) is 11.3. The highest BCUT2D eigenvalue weighted by atomic mass is 14.3. The predicted molar refractivity (Wildman–Crippen MR) is 59.2 cm³/mol. The van der Waals surface area contributed by atoms with Gasteiger partial charge in [0.25, 0.3) is 0 Å². The quantitative estimate of drug-likeness (QED) is 0.749. The predicted octanol–water partition coefficient (Wildman–Crippen LogP) is 3.14. The number of nitriles is 2. The molecule has 15 heavy (non-hydrogen) atoms. The van der Waals surface area contributed by atoms with Crippen molar-refractivity contribution in [2.45, 2.75) is 32.6 Å². The molecule has 2 nitrogen and oxygen atoms in total. The Balaban J connectivity index is 3.17. The monoisotopic (exact) mass is 198 g/mol. The number of hydrogen-bond donors (Lipinski definition) is 0. The SMILES string of the molecule is CCC(C)c1ccc(C#N)cc1CC#N. The molecule has 0 fully saturated rings. The zero-order chi connectivity index (χ0) is 11.3. The van der Waals surface area contributed by atoms with Crippen LogP contribution in [0.25, 0.3) is 0 Å². The van der Waals surface area contributed by atoms with Gasteiger partial charge in [0.05, 0.1) is 24.1 Å². The molecule has 76 valence electrons. The van der Waals surface area contributed by atoms with Crippen LogP contribution >= 0.6 is 0 Å². The van der Waals surface area contributed by atoms with E-state index in [-0.39, 0.29) is 0 Å². The van der Waals surface area contributed by atoms with Crippen LogP contribution in [-0.4, -0.2) is 0 Å². The van der Waals surface area contributed by atoms with Crippen molar-refractivity contribution in [3.63, 3.8) is 0 Å². The molecule has 1 aromatic rings. The summed E-state index contributed by atoms with van der Waals surface area (Å²) in [5, 5.41) is 17.5. The lowest BCUT2D eigenvalue weighted by Gasteiger charge is -2.13. The molecule has 0 radical (unpaired) electrons. The van der Waals surface area contributed by atoms with E-state index in [1.165, 1.54) is 5.56 Å². The molecule has 1 unspecified atom stereocenters. The van der Waals surface area contributed by atoms with E-state index in [9.17, 15) is 0 Å². The molecule has 0 spiro atoms. The summed E-state index contributed by atoms with van der Waals surface area (Å²) in [7, 11) is 0. The van der Waals surface area contributed by atoms with Gasteiger partial charge >= 0.3 is 0 Å². The lowest BCUT2D eigenvalue weighted by atomic mass is 9.91. The normalized spacial score (nSPS) is 11.5. The third-order valence-electron chi connectivity index (χ3n) is 2.68. The van der Waals surface area contributed by atoms with Crippen molar-refractivity contribution in [2.75, 3.05) is 0 Å². The first-order valence-electron chi connectivity index (χ1n) is 5.12. The van der Waals surface area contributed by atoms with E-state index in [1.807, 2.05) is 18.2 Å². The summed E-state index contributed by atoms with van der Waals surface area (Å²) in [4.78, 5) is 0. The zero-order valence-electron chi connectivity index (χ0n) is 9.12. The molecule has 1 aromatic carbocycles. The van der Waals surface area contributed by atoms with Crippen LogP contribution in [0.4, 0.5) is 0 Å². The van der Waals surface area contributed by atoms with E-state index in [0.717, 1.165) is 12.0 Å². The van der Waals surface area contributed by atoms with Gasteiger partial charge in [0.2, 0.25) is 0 Å². The Bertz CT molecular complexity index is 421. The maximum atomic E-state index is 8.78. The van der Waals surface area contributed by atoms with Crippen molar-refractivity contribution in [2.24, 2.45) is 0 Å². The first-order chi connectivity index (χ1) is 7.22. The van der Waals surface area contributed by atoms with Gasteiger partial charge in [0.15, 0.2) is 0 Å². The summed E-state index contributed by atoms with van der Waals surface area (Å²) in [5.41, 5.74) is 2.82. The molecule has 0 aliphatic heterocycles. The van der Waals surface area contributed by atoms with Crippen molar-refractivity contribution in [1.82, 2.24) is 0 Å². The van der Waals surface area contributed by atoms with E-state index in [1.54, 1.807) is 0 Å². The van der Waals surface area contributed by atoms with Gasteiger partial charge < -0.3 is 0 Å². The first-order valence-corrected chi connectivity index (χ1v) is 5.12. The Morgan fingerprint density at radius 1 is 1.33 bits per heavy atom. The number of nitrogens with zero attached hydrogens (tertiary/aromatic N) is 2. The molecule has 0 saturated heterocycles. The highest BCUT2D eigenvalue weighted by Crippen LogP contribution is 2.24. The van der Waals surface area contributed by atoms with Crippen LogP contribution in [0.5, 0.6) is 0 Å². The van der Waals surface area contributed by atoms with Crippen LogP contribution in [0.2, 0.25) is 0 Å². The molecule has 0 N–H and O–H groups in total. The summed E-state index contributed by atoms with van der Waals surface area (Å²) in [6.45, 7) is 4.27. The topological polar surface area (TPSA) is 47.6 Å². The van der Waals surface area contributed by atoms with E-state index in [0.29, 0.717) is 17.9 Å². The second kappa shape index (κ2) is 5.17. The van der Waals surface area contributed by atoms with Gasteiger partial charge in [0.1, 0.15) is 0 Å². The van der Waals surface area contributed by atoms with Gasteiger partial charge in [-0.3, -0.25) is 0 Å². The van der Waals surface area contributed by atoms with E-state index < -0.39 is 0 Å². The fraction of sp³-hybridized carbons (Fsp3) is 0.385. The standard InChI is InChI=1S/C13H14N2/c1-3-10(2)13-5-4-11(9-15)8-12(13)6-7-14/h4-5,8,10H,3,6H2,1-2H3. The summed E-state index contributed by atoms with van der Waals surface area (Å²) in [5.74, 6) is 0.445. The fourth-order valence-corrected chi connectivity index (χ4v) is 1.61. The maximum absolute atomic E-state index is 8.78. The molecule has 0 aliphatic rings. The van der Waals surface area contributed by atoms with Crippen molar-refractivity contribution < 1.29 is 0 Å². The number of rotatable bonds is 3. The molecule has 1 rings (SSSR count). The minimum absolute atomic E-state index is 0.384. The second-order valence-corrected chi connectivity index (χ2v) is 3.67. The largest absolute Gasteiger partial charge is 0.198 e. The highest BCUT2D eigenvalue weighted by molar-refractivity contribution is 5.40. The summed E-state index contributed by atoms with van der Waals surface area (Å²) in [6, 6.07) is 9.86. The van der Waals surface area contributed by atoms with Gasteiger partial charge in [-0.2, -0.15) is 10.5 Å². The van der Waals surface area contributed by atoms with Crippen LogP contribution in [0.15, 0.2) is 18.2 Å². The molecule has 0 saturated carbocycles. The number of hydrogen-bond acceptors (Lipinski definition) is 2. The Kier molecular flexibility index (Phi) is 3.89. The van der Waals surface area contributed by atoms with Crippen LogP contribution < -0.4 is 0 Å². The molecule has 0 aliphatic carbocycles. The lowest BCUT2D eigenvalue weighted by molar-refractivity contribution is 0.726. The van der Waals surface area contributed by atoms with E-state index in [2.05, 4.69) is 26.0 Å². The molecule has 1 atom stereocenters. The summed E-state index contributed by atoms with van der Waals surface area (Å²) < 4.78 is 0. The van der Waals surface area contributed by atoms with Crippen LogP contribution in [-0.2, 0) is 6.42 Å². The van der Waals surface area contributed by atoms with E-state index in [4.69, 9.17) is 10.5 Å². The van der Waals surface area contributed by atoms with Crippen molar-refractivity contribution in [1.29, 1.82) is 10.5 Å². The van der Waals surface area contributed by atoms with Gasteiger partial charge in [-0.15, -0.1) is 0 Å². The molecule has 0 bridgehead atoms. The molecular weight excluding hydrogens is 184 g/mol. The van der Waals surface area contributed by atoms with Crippen molar-refractivity contribution in [3.8, 4) is 12.1 Å². The van der Waals surface area contributed by atoms with Gasteiger partial charge in [-0.05, 0) is 35.6 Å². The van der Waals surface area contributed by atoms with Gasteiger partial charge in [-0.1, -0.05) is 19.9 Å². The average Bonchev–Trinajstić information content (AvgIpc) is 2.28. The fourth-order valence-electron chi connectivity index (χ4n) is 1.61. The minimum Gasteiger partial charge on any atom is -0.198 e. The minimum atomic E-state index is 0.384. The molecule has 0 aromatic heterocycles. The maximum Gasteiger partial charge on any atom is 0.0991 e. The van der Waals surface area contributed by atoms with Crippen LogP contribution in [0, 0.1) is 22.7 Å². The molecule has 0 amide bonds. The Labute approximate surface area is 90.8 Å². The lowest BCUT2D eigenvalue weighted by Crippen LogP contribution is -1.98. The Morgan fingerprint density at radius 2 is 2.07 bits per heavy atom. The Morgan fingerprint density at radius 3 is 2.60 bits per heavy atom. The molecular formula is C13H14N2. The van der Waals surface area contributed by atoms with Crippen LogP contribution in [0.1, 0.15) is 42.9 Å². The highest BCUT2D eigenvalue weighted by Gasteiger charge is 2.09. The number of benzene rings is 1. The third-order valence-corrected chi connectivity index (χ3v) is 2.68. The van der Waals surface area contributed by atoms with Crippen molar-refractivity contribution >= 4 is 0 Å². The smallest absolute Gasteiger partial charge is 0.0991 e. The van der Waals surface area contributed by atoms with Gasteiger partial charge in [-0.25, -0.2) is 0 Å². The molecule has 2 heteroatoms. The average molecular weight is 198 g/mol. The zero-order valence-corrected chi connectivity index (χ0v) is 9.12. The van der Waals surface area contributed by atoms with E-state index >= 15 is 0 Å². The van der Waals surface area contributed by atoms with Gasteiger partial charge in [0, 0.05) is 0 Å².